The lowest BCUT2D eigenvalue weighted by molar-refractivity contribution is -0.141. The Bertz CT molecular complexity index is 255. The third kappa shape index (κ3) is 3.20. The molecule has 0 radical (unpaired) electrons. The molecule has 1 fully saturated rings. The second-order valence-corrected chi connectivity index (χ2v) is 4.07. The Hall–Kier alpha value is -1.10. The van der Waals surface area contributed by atoms with Gasteiger partial charge >= 0.3 is 5.97 Å². The molecule has 0 heterocycles. The van der Waals surface area contributed by atoms with Gasteiger partial charge in [-0.15, -0.1) is 0 Å². The minimum absolute atomic E-state index is 0.0174. The smallest absolute Gasteiger partial charge is 0.306 e. The molecule has 5 heteroatoms. The zero-order chi connectivity index (χ0) is 11.4. The number of rotatable bonds is 4. The number of carbonyl (C=O) groups excluding carboxylic acids is 1. The Labute approximate surface area is 89.0 Å². The molecule has 0 aromatic carbocycles. The lowest BCUT2D eigenvalue weighted by Gasteiger charge is -2.15. The van der Waals surface area contributed by atoms with Crippen LogP contribution in [0, 0.1) is 5.92 Å². The molecule has 5 nitrogen and oxygen atoms in total. The van der Waals surface area contributed by atoms with Crippen LogP contribution in [0.25, 0.3) is 0 Å². The van der Waals surface area contributed by atoms with Gasteiger partial charge in [-0.05, 0) is 25.7 Å². The fraction of sp³-hybridized carbons (Fsp3) is 0.800. The summed E-state index contributed by atoms with van der Waals surface area (Å²) in [6.07, 6.45) is 2.50. The average molecular weight is 214 g/mol. The summed E-state index contributed by atoms with van der Waals surface area (Å²) in [5.74, 6) is -1.26. The van der Waals surface area contributed by atoms with Crippen molar-refractivity contribution < 1.29 is 14.7 Å². The van der Waals surface area contributed by atoms with Crippen molar-refractivity contribution in [2.75, 3.05) is 0 Å². The van der Waals surface area contributed by atoms with Gasteiger partial charge in [-0.3, -0.25) is 9.59 Å². The lowest BCUT2D eigenvalue weighted by atomic mass is 10.1. The molecule has 86 valence electrons. The van der Waals surface area contributed by atoms with E-state index in [-0.39, 0.29) is 17.9 Å². The number of amides is 1. The molecule has 1 aliphatic rings. The van der Waals surface area contributed by atoms with Crippen LogP contribution in [0.1, 0.15) is 32.6 Å². The third-order valence-electron chi connectivity index (χ3n) is 2.90. The summed E-state index contributed by atoms with van der Waals surface area (Å²) in [5, 5.41) is 11.6. The van der Waals surface area contributed by atoms with Crippen molar-refractivity contribution in [3.8, 4) is 0 Å². The van der Waals surface area contributed by atoms with Crippen LogP contribution < -0.4 is 11.1 Å². The zero-order valence-electron chi connectivity index (χ0n) is 8.90. The third-order valence-corrected chi connectivity index (χ3v) is 2.90. The Morgan fingerprint density at radius 2 is 2.20 bits per heavy atom. The van der Waals surface area contributed by atoms with Crippen molar-refractivity contribution in [1.29, 1.82) is 0 Å². The van der Waals surface area contributed by atoms with Crippen LogP contribution in [0.3, 0.4) is 0 Å². The first kappa shape index (κ1) is 12.0. The molecule has 0 aromatic rings. The van der Waals surface area contributed by atoms with E-state index in [0.717, 1.165) is 6.42 Å². The van der Waals surface area contributed by atoms with E-state index in [1.54, 1.807) is 0 Å². The van der Waals surface area contributed by atoms with Gasteiger partial charge in [-0.2, -0.15) is 0 Å². The quantitative estimate of drug-likeness (QED) is 0.618. The topological polar surface area (TPSA) is 92.4 Å². The molecular weight excluding hydrogens is 196 g/mol. The van der Waals surface area contributed by atoms with Crippen LogP contribution in [-0.4, -0.2) is 29.1 Å². The summed E-state index contributed by atoms with van der Waals surface area (Å²) in [5.41, 5.74) is 5.56. The monoisotopic (exact) mass is 214 g/mol. The highest BCUT2D eigenvalue weighted by Crippen LogP contribution is 2.25. The number of hydrogen-bond donors (Lipinski definition) is 3. The summed E-state index contributed by atoms with van der Waals surface area (Å²) in [6, 6.07) is -0.495. The van der Waals surface area contributed by atoms with Gasteiger partial charge in [-0.25, -0.2) is 0 Å². The SMILES string of the molecule is CCC(N)C(=O)NC1CCC(C(=O)O)C1. The van der Waals surface area contributed by atoms with E-state index in [0.29, 0.717) is 19.3 Å². The molecule has 1 amide bonds. The maximum Gasteiger partial charge on any atom is 0.306 e. The van der Waals surface area contributed by atoms with Crippen LogP contribution in [0.15, 0.2) is 0 Å². The zero-order valence-corrected chi connectivity index (χ0v) is 8.90. The summed E-state index contributed by atoms with van der Waals surface area (Å²) in [6.45, 7) is 1.85. The highest BCUT2D eigenvalue weighted by molar-refractivity contribution is 5.81. The molecule has 1 rings (SSSR count). The minimum atomic E-state index is -0.772. The maximum absolute atomic E-state index is 11.4. The molecule has 1 saturated carbocycles. The van der Waals surface area contributed by atoms with Crippen LogP contribution in [0.4, 0.5) is 0 Å². The molecular formula is C10H18N2O3. The van der Waals surface area contributed by atoms with Gasteiger partial charge in [0.2, 0.25) is 5.91 Å². The van der Waals surface area contributed by atoms with E-state index in [2.05, 4.69) is 5.32 Å². The van der Waals surface area contributed by atoms with Crippen LogP contribution in [0.5, 0.6) is 0 Å². The van der Waals surface area contributed by atoms with E-state index in [1.807, 2.05) is 6.92 Å². The predicted molar refractivity (Wildman–Crippen MR) is 55.2 cm³/mol. The van der Waals surface area contributed by atoms with E-state index < -0.39 is 12.0 Å². The molecule has 4 N–H and O–H groups in total. The van der Waals surface area contributed by atoms with Crippen molar-refractivity contribution >= 4 is 11.9 Å². The molecule has 3 atom stereocenters. The van der Waals surface area contributed by atoms with E-state index in [1.165, 1.54) is 0 Å². The van der Waals surface area contributed by atoms with E-state index in [4.69, 9.17) is 10.8 Å². The maximum atomic E-state index is 11.4. The van der Waals surface area contributed by atoms with Crippen LogP contribution in [0.2, 0.25) is 0 Å². The normalized spacial score (nSPS) is 27.3. The van der Waals surface area contributed by atoms with Gasteiger partial charge in [0.25, 0.3) is 0 Å². The Balaban J connectivity index is 2.36. The Morgan fingerprint density at radius 1 is 1.53 bits per heavy atom. The molecule has 0 aromatic heterocycles. The number of hydrogen-bond acceptors (Lipinski definition) is 3. The van der Waals surface area contributed by atoms with E-state index >= 15 is 0 Å². The number of nitrogens with two attached hydrogens (primary N) is 1. The number of carboxylic acids is 1. The first-order valence-electron chi connectivity index (χ1n) is 5.33. The van der Waals surface area contributed by atoms with Crippen molar-refractivity contribution in [1.82, 2.24) is 5.32 Å². The second kappa shape index (κ2) is 5.11. The van der Waals surface area contributed by atoms with Crippen LogP contribution >= 0.6 is 0 Å². The minimum Gasteiger partial charge on any atom is -0.481 e. The lowest BCUT2D eigenvalue weighted by Crippen LogP contribution is -2.44. The fourth-order valence-corrected chi connectivity index (χ4v) is 1.83. The molecule has 0 aliphatic heterocycles. The number of aliphatic carboxylic acids is 1. The summed E-state index contributed by atoms with van der Waals surface area (Å²) in [4.78, 5) is 22.1. The first-order valence-corrected chi connectivity index (χ1v) is 5.33. The van der Waals surface area contributed by atoms with Crippen LogP contribution in [-0.2, 0) is 9.59 Å². The molecule has 15 heavy (non-hydrogen) atoms. The Morgan fingerprint density at radius 3 is 2.67 bits per heavy atom. The van der Waals surface area contributed by atoms with Gasteiger partial charge in [-0.1, -0.05) is 6.92 Å². The Kier molecular flexibility index (Phi) is 4.08. The predicted octanol–water partition coefficient (Wildman–Crippen LogP) is 0.0932. The highest BCUT2D eigenvalue weighted by atomic mass is 16.4. The van der Waals surface area contributed by atoms with Gasteiger partial charge in [0, 0.05) is 6.04 Å². The second-order valence-electron chi connectivity index (χ2n) is 4.07. The number of carboxylic acid groups (broad SMARTS) is 1. The number of carbonyl (C=O) groups is 2. The first-order chi connectivity index (χ1) is 7.04. The van der Waals surface area contributed by atoms with Crippen molar-refractivity contribution in [2.24, 2.45) is 11.7 Å². The van der Waals surface area contributed by atoms with Crippen molar-refractivity contribution in [3.63, 3.8) is 0 Å². The van der Waals surface area contributed by atoms with Gasteiger partial charge in [0.1, 0.15) is 0 Å². The average Bonchev–Trinajstić information content (AvgIpc) is 2.65. The standard InChI is InChI=1S/C10H18N2O3/c1-2-8(11)9(13)12-7-4-3-6(5-7)10(14)15/h6-8H,2-5,11H2,1H3,(H,12,13)(H,14,15). The molecule has 0 spiro atoms. The van der Waals surface area contributed by atoms with Crippen molar-refractivity contribution in [3.05, 3.63) is 0 Å². The largest absolute Gasteiger partial charge is 0.481 e. The van der Waals surface area contributed by atoms with Gasteiger partial charge < -0.3 is 16.2 Å². The summed E-state index contributed by atoms with van der Waals surface area (Å²) >= 11 is 0. The highest BCUT2D eigenvalue weighted by Gasteiger charge is 2.31. The summed E-state index contributed by atoms with van der Waals surface area (Å²) < 4.78 is 0. The molecule has 0 saturated heterocycles. The van der Waals surface area contributed by atoms with Gasteiger partial charge in [0.05, 0.1) is 12.0 Å². The molecule has 0 bridgehead atoms. The molecule has 1 aliphatic carbocycles. The van der Waals surface area contributed by atoms with Gasteiger partial charge in [0.15, 0.2) is 0 Å². The summed E-state index contributed by atoms with van der Waals surface area (Å²) in [7, 11) is 0. The number of nitrogens with one attached hydrogen (secondary N) is 1. The fourth-order valence-electron chi connectivity index (χ4n) is 1.83. The van der Waals surface area contributed by atoms with Crippen molar-refractivity contribution in [2.45, 2.75) is 44.7 Å². The van der Waals surface area contributed by atoms with E-state index in [9.17, 15) is 9.59 Å². The molecule has 3 unspecified atom stereocenters.